The van der Waals surface area contributed by atoms with E-state index in [0.717, 1.165) is 5.56 Å². The van der Waals surface area contributed by atoms with E-state index in [9.17, 15) is 19.2 Å². The van der Waals surface area contributed by atoms with Crippen molar-refractivity contribution in [1.29, 1.82) is 0 Å². The average molecular weight is 450 g/mol. The first-order valence-corrected chi connectivity index (χ1v) is 10.7. The number of aromatic nitrogens is 2. The monoisotopic (exact) mass is 449 g/mol. The fraction of sp³-hybridized carbons (Fsp3) is 0.292. The molecule has 0 unspecified atom stereocenters. The van der Waals surface area contributed by atoms with E-state index < -0.39 is 11.8 Å². The van der Waals surface area contributed by atoms with E-state index in [1.807, 2.05) is 25.1 Å². The molecule has 0 saturated heterocycles. The first-order chi connectivity index (χ1) is 15.8. The van der Waals surface area contributed by atoms with Gasteiger partial charge in [0, 0.05) is 38.8 Å². The summed E-state index contributed by atoms with van der Waals surface area (Å²) in [6, 6.07) is 14.2. The van der Waals surface area contributed by atoms with Gasteiger partial charge >= 0.3 is 11.8 Å². The van der Waals surface area contributed by atoms with Crippen LogP contribution in [0, 0.1) is 6.92 Å². The minimum Gasteiger partial charge on any atom is -0.348 e. The second kappa shape index (κ2) is 11.0. The Kier molecular flexibility index (Phi) is 7.91. The minimum atomic E-state index is -0.738. The largest absolute Gasteiger partial charge is 0.348 e. The summed E-state index contributed by atoms with van der Waals surface area (Å²) in [5, 5.41) is 5.60. The highest BCUT2D eigenvalue weighted by molar-refractivity contribution is 6.39. The van der Waals surface area contributed by atoms with Gasteiger partial charge in [0.2, 0.25) is 5.91 Å². The quantitative estimate of drug-likeness (QED) is 0.401. The second-order valence-corrected chi connectivity index (χ2v) is 7.76. The van der Waals surface area contributed by atoms with E-state index in [1.54, 1.807) is 37.4 Å². The number of aryl methyl sites for hydroxylation is 2. The van der Waals surface area contributed by atoms with Gasteiger partial charge in [0.05, 0.1) is 17.2 Å². The number of hydrogen-bond donors (Lipinski definition) is 2. The number of nitrogens with one attached hydrogen (secondary N) is 2. The van der Waals surface area contributed by atoms with Gasteiger partial charge in [0.15, 0.2) is 0 Å². The van der Waals surface area contributed by atoms with Crippen molar-refractivity contribution in [3.8, 4) is 0 Å². The smallest absolute Gasteiger partial charge is 0.313 e. The van der Waals surface area contributed by atoms with Crippen molar-refractivity contribution in [2.75, 3.05) is 25.5 Å². The van der Waals surface area contributed by atoms with Crippen LogP contribution in [-0.4, -0.2) is 52.3 Å². The lowest BCUT2D eigenvalue weighted by Gasteiger charge is -2.17. The molecule has 0 atom stereocenters. The highest BCUT2D eigenvalue weighted by Crippen LogP contribution is 2.08. The molecular weight excluding hydrogens is 422 g/mol. The van der Waals surface area contributed by atoms with Crippen LogP contribution in [-0.2, 0) is 20.9 Å². The fourth-order valence-electron chi connectivity index (χ4n) is 3.22. The number of anilines is 1. The zero-order valence-electron chi connectivity index (χ0n) is 18.7. The molecule has 0 fully saturated rings. The van der Waals surface area contributed by atoms with Gasteiger partial charge < -0.3 is 15.5 Å². The summed E-state index contributed by atoms with van der Waals surface area (Å²) in [4.78, 5) is 54.6. The number of para-hydroxylation sites is 1. The van der Waals surface area contributed by atoms with Crippen molar-refractivity contribution in [3.05, 3.63) is 70.8 Å². The van der Waals surface area contributed by atoms with Gasteiger partial charge in [-0.15, -0.1) is 0 Å². The van der Waals surface area contributed by atoms with Gasteiger partial charge in [-0.1, -0.05) is 29.8 Å². The molecule has 2 N–H and O–H groups in total. The Morgan fingerprint density at radius 3 is 2.52 bits per heavy atom. The molecule has 172 valence electrons. The normalized spacial score (nSPS) is 10.6. The first kappa shape index (κ1) is 23.6. The molecule has 33 heavy (non-hydrogen) atoms. The van der Waals surface area contributed by atoms with E-state index in [0.29, 0.717) is 29.6 Å². The maximum absolute atomic E-state index is 12.5. The van der Waals surface area contributed by atoms with E-state index in [1.165, 1.54) is 15.8 Å². The zero-order chi connectivity index (χ0) is 23.8. The molecule has 0 saturated carbocycles. The predicted molar refractivity (Wildman–Crippen MR) is 126 cm³/mol. The van der Waals surface area contributed by atoms with Gasteiger partial charge in [-0.3, -0.25) is 23.7 Å². The van der Waals surface area contributed by atoms with Crippen LogP contribution in [0.3, 0.4) is 0 Å². The number of amides is 3. The van der Waals surface area contributed by atoms with Gasteiger partial charge in [0.25, 0.3) is 5.56 Å². The molecule has 0 radical (unpaired) electrons. The summed E-state index contributed by atoms with van der Waals surface area (Å²) in [5.74, 6) is -1.59. The highest BCUT2D eigenvalue weighted by atomic mass is 16.2. The van der Waals surface area contributed by atoms with Crippen molar-refractivity contribution >= 4 is 34.3 Å². The van der Waals surface area contributed by atoms with Gasteiger partial charge in [0.1, 0.15) is 0 Å². The second-order valence-electron chi connectivity index (χ2n) is 7.76. The summed E-state index contributed by atoms with van der Waals surface area (Å²) in [5.41, 5.74) is 2.04. The molecular formula is C24H27N5O4. The Hall–Kier alpha value is -4.01. The molecule has 3 rings (SSSR count). The van der Waals surface area contributed by atoms with E-state index in [-0.39, 0.29) is 31.0 Å². The molecule has 0 aliphatic rings. The number of carbonyl (C=O) groups is 3. The number of rotatable bonds is 8. The molecule has 9 heteroatoms. The van der Waals surface area contributed by atoms with Gasteiger partial charge in [-0.2, -0.15) is 0 Å². The third-order valence-corrected chi connectivity index (χ3v) is 5.20. The van der Waals surface area contributed by atoms with Crippen molar-refractivity contribution in [3.63, 3.8) is 0 Å². The van der Waals surface area contributed by atoms with Gasteiger partial charge in [-0.25, -0.2) is 4.98 Å². The zero-order valence-corrected chi connectivity index (χ0v) is 18.7. The Morgan fingerprint density at radius 2 is 1.76 bits per heavy atom. The number of benzene rings is 2. The molecule has 0 aliphatic heterocycles. The SMILES string of the molecule is Cc1ccc(NC(=O)C(=O)NCCCN(C)C(=O)CCn2cnc3ccccc3c2=O)cc1. The lowest BCUT2D eigenvalue weighted by molar-refractivity contribution is -0.136. The van der Waals surface area contributed by atoms with Crippen LogP contribution >= 0.6 is 0 Å². The Labute approximate surface area is 191 Å². The lowest BCUT2D eigenvalue weighted by Crippen LogP contribution is -2.37. The van der Waals surface area contributed by atoms with Crippen molar-refractivity contribution < 1.29 is 14.4 Å². The summed E-state index contributed by atoms with van der Waals surface area (Å²) < 4.78 is 1.43. The maximum atomic E-state index is 12.5. The third kappa shape index (κ3) is 6.49. The fourth-order valence-corrected chi connectivity index (χ4v) is 3.22. The molecule has 3 amide bonds. The van der Waals surface area contributed by atoms with Gasteiger partial charge in [-0.05, 0) is 37.6 Å². The molecule has 9 nitrogen and oxygen atoms in total. The highest BCUT2D eigenvalue weighted by Gasteiger charge is 2.14. The molecule has 0 aliphatic carbocycles. The van der Waals surface area contributed by atoms with Crippen LogP contribution < -0.4 is 16.2 Å². The maximum Gasteiger partial charge on any atom is 0.313 e. The Morgan fingerprint density at radius 1 is 1.03 bits per heavy atom. The third-order valence-electron chi connectivity index (χ3n) is 5.20. The molecule has 0 spiro atoms. The van der Waals surface area contributed by atoms with Crippen molar-refractivity contribution in [2.24, 2.45) is 0 Å². The summed E-state index contributed by atoms with van der Waals surface area (Å²) >= 11 is 0. The summed E-state index contributed by atoms with van der Waals surface area (Å²) in [7, 11) is 1.66. The van der Waals surface area contributed by atoms with Crippen LogP contribution in [0.25, 0.3) is 10.9 Å². The number of hydrogen-bond acceptors (Lipinski definition) is 5. The van der Waals surface area contributed by atoms with Crippen molar-refractivity contribution in [1.82, 2.24) is 19.8 Å². The number of fused-ring (bicyclic) bond motifs is 1. The molecule has 1 heterocycles. The number of carbonyl (C=O) groups excluding carboxylic acids is 3. The summed E-state index contributed by atoms with van der Waals surface area (Å²) in [6.07, 6.45) is 2.10. The molecule has 1 aromatic heterocycles. The molecule has 2 aromatic carbocycles. The van der Waals surface area contributed by atoms with E-state index in [2.05, 4.69) is 15.6 Å². The van der Waals surface area contributed by atoms with Crippen LogP contribution in [0.4, 0.5) is 5.69 Å². The number of nitrogens with zero attached hydrogens (tertiary/aromatic N) is 3. The average Bonchev–Trinajstić information content (AvgIpc) is 2.82. The van der Waals surface area contributed by atoms with Crippen LogP contribution in [0.2, 0.25) is 0 Å². The lowest BCUT2D eigenvalue weighted by atomic mass is 10.2. The minimum absolute atomic E-state index is 0.126. The standard InChI is InChI=1S/C24H27N5O4/c1-17-8-10-18(11-9-17)27-23(32)22(31)25-13-5-14-28(2)21(30)12-15-29-16-26-20-7-4-3-6-19(20)24(29)33/h3-4,6-11,16H,5,12-15H2,1-2H3,(H,25,31)(H,27,32). The molecule has 3 aromatic rings. The first-order valence-electron chi connectivity index (χ1n) is 10.7. The Bertz CT molecular complexity index is 1200. The Balaban J connectivity index is 1.38. The predicted octanol–water partition coefficient (Wildman–Crippen LogP) is 1.70. The molecule has 0 bridgehead atoms. The summed E-state index contributed by atoms with van der Waals surface area (Å²) in [6.45, 7) is 2.83. The van der Waals surface area contributed by atoms with E-state index in [4.69, 9.17) is 0 Å². The van der Waals surface area contributed by atoms with Crippen LogP contribution in [0.1, 0.15) is 18.4 Å². The van der Waals surface area contributed by atoms with Crippen LogP contribution in [0.15, 0.2) is 59.7 Å². The van der Waals surface area contributed by atoms with E-state index >= 15 is 0 Å². The van der Waals surface area contributed by atoms with Crippen LogP contribution in [0.5, 0.6) is 0 Å². The topological polar surface area (TPSA) is 113 Å². The van der Waals surface area contributed by atoms with Crippen molar-refractivity contribution in [2.45, 2.75) is 26.3 Å².